The molecule has 0 aliphatic carbocycles. The van der Waals surface area contributed by atoms with E-state index in [9.17, 15) is 0 Å². The molecule has 5 nitrogen and oxygen atoms in total. The van der Waals surface area contributed by atoms with E-state index in [1.165, 1.54) is 0 Å². The van der Waals surface area contributed by atoms with E-state index in [1.54, 1.807) is 12.1 Å². The number of nitrogen functional groups attached to an aromatic ring is 1. The van der Waals surface area contributed by atoms with Crippen LogP contribution < -0.4 is 10.5 Å². The molecule has 0 radical (unpaired) electrons. The molecule has 3 aromatic rings. The molecule has 23 heavy (non-hydrogen) atoms. The number of nitrogens with zero attached hydrogens (tertiary/aromatic N) is 3. The Labute approximate surface area is 140 Å². The standard InChI is InChI=1S/C15H13ClN4O.C2H6/c1-2-21-10-5-3-9(4-6-10)13-14-11(18-15(17)20-13)7-8-12(16)19-14;1-2/h3-8H,2H2,1H3,(H2,17,18,20);1-2H3. The Balaban J connectivity index is 0.000000924. The molecule has 0 aliphatic rings. The van der Waals surface area contributed by atoms with Crippen LogP contribution in [0.5, 0.6) is 5.75 Å². The molecule has 0 unspecified atom stereocenters. The highest BCUT2D eigenvalue weighted by Crippen LogP contribution is 2.27. The van der Waals surface area contributed by atoms with Crippen LogP contribution in [0.15, 0.2) is 36.4 Å². The molecular formula is C17H19ClN4O. The lowest BCUT2D eigenvalue weighted by molar-refractivity contribution is 0.340. The number of fused-ring (bicyclic) bond motifs is 1. The van der Waals surface area contributed by atoms with E-state index >= 15 is 0 Å². The Bertz CT molecular complexity index is 790. The summed E-state index contributed by atoms with van der Waals surface area (Å²) in [4.78, 5) is 12.8. The third-order valence-electron chi connectivity index (χ3n) is 2.96. The van der Waals surface area contributed by atoms with Crippen molar-refractivity contribution in [3.05, 3.63) is 41.6 Å². The smallest absolute Gasteiger partial charge is 0.221 e. The van der Waals surface area contributed by atoms with Crippen molar-refractivity contribution in [2.24, 2.45) is 0 Å². The lowest BCUT2D eigenvalue weighted by atomic mass is 10.1. The van der Waals surface area contributed by atoms with Crippen molar-refractivity contribution in [3.63, 3.8) is 0 Å². The maximum Gasteiger partial charge on any atom is 0.221 e. The Hall–Kier alpha value is -2.40. The van der Waals surface area contributed by atoms with Gasteiger partial charge in [-0.15, -0.1) is 0 Å². The van der Waals surface area contributed by atoms with Crippen LogP contribution in [0.25, 0.3) is 22.3 Å². The molecule has 2 heterocycles. The van der Waals surface area contributed by atoms with E-state index < -0.39 is 0 Å². The molecule has 0 saturated heterocycles. The van der Waals surface area contributed by atoms with E-state index in [4.69, 9.17) is 22.1 Å². The topological polar surface area (TPSA) is 73.9 Å². The lowest BCUT2D eigenvalue weighted by Gasteiger charge is -2.08. The van der Waals surface area contributed by atoms with Gasteiger partial charge in [-0.05, 0) is 43.3 Å². The maximum absolute atomic E-state index is 5.97. The van der Waals surface area contributed by atoms with Gasteiger partial charge in [0.05, 0.1) is 12.1 Å². The van der Waals surface area contributed by atoms with Crippen LogP contribution in [0.3, 0.4) is 0 Å². The first-order chi connectivity index (χ1) is 11.2. The third kappa shape index (κ3) is 3.87. The van der Waals surface area contributed by atoms with E-state index in [1.807, 2.05) is 45.0 Å². The van der Waals surface area contributed by atoms with Crippen molar-refractivity contribution < 1.29 is 4.74 Å². The number of benzene rings is 1. The number of ether oxygens (including phenoxy) is 1. The second-order valence-corrected chi connectivity index (χ2v) is 4.78. The van der Waals surface area contributed by atoms with Gasteiger partial charge in [-0.3, -0.25) is 0 Å². The zero-order valence-electron chi connectivity index (χ0n) is 13.4. The largest absolute Gasteiger partial charge is 0.494 e. The number of pyridine rings is 1. The summed E-state index contributed by atoms with van der Waals surface area (Å²) in [5, 5.41) is 0.392. The van der Waals surface area contributed by atoms with Gasteiger partial charge in [0.1, 0.15) is 22.1 Å². The quantitative estimate of drug-likeness (QED) is 0.722. The van der Waals surface area contributed by atoms with Crippen LogP contribution in [0.4, 0.5) is 5.95 Å². The fourth-order valence-electron chi connectivity index (χ4n) is 2.09. The number of nitrogens with two attached hydrogens (primary N) is 1. The molecule has 2 N–H and O–H groups in total. The number of aromatic nitrogens is 3. The number of rotatable bonds is 3. The minimum absolute atomic E-state index is 0.204. The Morgan fingerprint density at radius 3 is 2.35 bits per heavy atom. The molecule has 3 rings (SSSR count). The van der Waals surface area contributed by atoms with Gasteiger partial charge in [0, 0.05) is 5.56 Å². The van der Waals surface area contributed by atoms with E-state index in [0.717, 1.165) is 11.3 Å². The van der Waals surface area contributed by atoms with Crippen LogP contribution in [-0.4, -0.2) is 21.6 Å². The summed E-state index contributed by atoms with van der Waals surface area (Å²) in [6.07, 6.45) is 0. The van der Waals surface area contributed by atoms with Crippen molar-refractivity contribution in [2.45, 2.75) is 20.8 Å². The van der Waals surface area contributed by atoms with Gasteiger partial charge in [0.25, 0.3) is 0 Å². The number of hydrogen-bond donors (Lipinski definition) is 1. The Morgan fingerprint density at radius 1 is 1.00 bits per heavy atom. The maximum atomic E-state index is 5.97. The fraction of sp³-hybridized carbons (Fsp3) is 0.235. The molecule has 0 spiro atoms. The van der Waals surface area contributed by atoms with Crippen molar-refractivity contribution >= 4 is 28.6 Å². The highest BCUT2D eigenvalue weighted by molar-refractivity contribution is 6.29. The van der Waals surface area contributed by atoms with Crippen LogP contribution in [0.1, 0.15) is 20.8 Å². The first kappa shape index (κ1) is 17.0. The number of hydrogen-bond acceptors (Lipinski definition) is 5. The van der Waals surface area contributed by atoms with Crippen molar-refractivity contribution in [3.8, 4) is 17.0 Å². The highest BCUT2D eigenvalue weighted by Gasteiger charge is 2.10. The average Bonchev–Trinajstić information content (AvgIpc) is 2.57. The second-order valence-electron chi connectivity index (χ2n) is 4.39. The van der Waals surface area contributed by atoms with Gasteiger partial charge in [-0.2, -0.15) is 0 Å². The monoisotopic (exact) mass is 330 g/mol. The summed E-state index contributed by atoms with van der Waals surface area (Å²) in [5.74, 6) is 1.01. The second kappa shape index (κ2) is 7.74. The molecule has 2 aromatic heterocycles. The molecule has 120 valence electrons. The number of anilines is 1. The number of halogens is 1. The van der Waals surface area contributed by atoms with Gasteiger partial charge in [-0.25, -0.2) is 15.0 Å². The van der Waals surface area contributed by atoms with Gasteiger partial charge in [0.15, 0.2) is 0 Å². The van der Waals surface area contributed by atoms with Crippen molar-refractivity contribution in [2.75, 3.05) is 12.3 Å². The first-order valence-corrected chi connectivity index (χ1v) is 7.88. The lowest BCUT2D eigenvalue weighted by Crippen LogP contribution is -1.99. The zero-order chi connectivity index (χ0) is 16.8. The Kier molecular flexibility index (Phi) is 5.71. The van der Waals surface area contributed by atoms with Crippen LogP contribution in [-0.2, 0) is 0 Å². The summed E-state index contributed by atoms with van der Waals surface area (Å²) >= 11 is 5.97. The van der Waals surface area contributed by atoms with Gasteiger partial charge < -0.3 is 10.5 Å². The molecule has 0 bridgehead atoms. The van der Waals surface area contributed by atoms with Crippen LogP contribution >= 0.6 is 11.6 Å². The molecule has 0 atom stereocenters. The van der Waals surface area contributed by atoms with E-state index in [0.29, 0.717) is 28.5 Å². The van der Waals surface area contributed by atoms with Gasteiger partial charge in [-0.1, -0.05) is 25.4 Å². The summed E-state index contributed by atoms with van der Waals surface area (Å²) in [5.41, 5.74) is 8.60. The Morgan fingerprint density at radius 2 is 1.70 bits per heavy atom. The summed E-state index contributed by atoms with van der Waals surface area (Å²) in [6.45, 7) is 6.57. The molecule has 6 heteroatoms. The predicted molar refractivity (Wildman–Crippen MR) is 94.7 cm³/mol. The normalized spacial score (nSPS) is 10.1. The minimum atomic E-state index is 0.204. The fourth-order valence-corrected chi connectivity index (χ4v) is 2.23. The first-order valence-electron chi connectivity index (χ1n) is 7.50. The van der Waals surface area contributed by atoms with E-state index in [-0.39, 0.29) is 5.95 Å². The highest BCUT2D eigenvalue weighted by atomic mass is 35.5. The van der Waals surface area contributed by atoms with Crippen molar-refractivity contribution in [1.29, 1.82) is 0 Å². The van der Waals surface area contributed by atoms with Crippen LogP contribution in [0, 0.1) is 0 Å². The molecular weight excluding hydrogens is 312 g/mol. The molecule has 0 aliphatic heterocycles. The summed E-state index contributed by atoms with van der Waals surface area (Å²) in [6, 6.07) is 11.0. The third-order valence-corrected chi connectivity index (χ3v) is 3.17. The molecule has 0 fully saturated rings. The van der Waals surface area contributed by atoms with Crippen molar-refractivity contribution in [1.82, 2.24) is 15.0 Å². The molecule has 0 saturated carbocycles. The summed E-state index contributed by atoms with van der Waals surface area (Å²) < 4.78 is 5.43. The molecule has 0 amide bonds. The van der Waals surface area contributed by atoms with Crippen LogP contribution in [0.2, 0.25) is 5.15 Å². The summed E-state index contributed by atoms with van der Waals surface area (Å²) in [7, 11) is 0. The average molecular weight is 331 g/mol. The zero-order valence-corrected chi connectivity index (χ0v) is 14.1. The predicted octanol–water partition coefficient (Wildman–Crippen LogP) is 4.35. The minimum Gasteiger partial charge on any atom is -0.494 e. The molecule has 1 aromatic carbocycles. The van der Waals surface area contributed by atoms with Gasteiger partial charge >= 0.3 is 0 Å². The SMILES string of the molecule is CC.CCOc1ccc(-c2nc(N)nc3ccc(Cl)nc23)cc1. The van der Waals surface area contributed by atoms with E-state index in [2.05, 4.69) is 15.0 Å². The van der Waals surface area contributed by atoms with Gasteiger partial charge in [0.2, 0.25) is 5.95 Å².